The molecule has 1 aliphatic rings. The Morgan fingerprint density at radius 2 is 1.94 bits per heavy atom. The molecular weight excluding hydrogens is 224 g/mol. The maximum absolute atomic E-state index is 12.1. The molecule has 1 N–H and O–H groups in total. The average molecular weight is 242 g/mol. The Morgan fingerprint density at radius 3 is 2.67 bits per heavy atom. The van der Waals surface area contributed by atoms with E-state index in [-0.39, 0.29) is 5.56 Å². The van der Waals surface area contributed by atoms with E-state index >= 15 is 0 Å². The summed E-state index contributed by atoms with van der Waals surface area (Å²) in [5, 5.41) is 0. The monoisotopic (exact) mass is 242 g/mol. The number of nitrogens with zero attached hydrogens (tertiary/aromatic N) is 1. The van der Waals surface area contributed by atoms with Crippen molar-refractivity contribution >= 4 is 11.0 Å². The fraction of sp³-hybridized carbons (Fsp3) is 0.467. The SMILES string of the molecule is CC(C)c1cnc2c3c(c(=O)[nH]c2c1)CCCC3. The van der Waals surface area contributed by atoms with E-state index in [9.17, 15) is 4.79 Å². The van der Waals surface area contributed by atoms with Crippen molar-refractivity contribution in [2.75, 3.05) is 0 Å². The molecule has 94 valence electrons. The van der Waals surface area contributed by atoms with Crippen LogP contribution >= 0.6 is 0 Å². The Morgan fingerprint density at radius 1 is 1.22 bits per heavy atom. The molecular formula is C15H18N2O. The molecule has 2 heterocycles. The normalized spacial score (nSPS) is 15.1. The van der Waals surface area contributed by atoms with E-state index < -0.39 is 0 Å². The fourth-order valence-corrected chi connectivity index (χ4v) is 2.75. The zero-order chi connectivity index (χ0) is 12.7. The highest BCUT2D eigenvalue weighted by atomic mass is 16.1. The number of aryl methyl sites for hydroxylation is 1. The Balaban J connectivity index is 2.30. The van der Waals surface area contributed by atoms with Crippen molar-refractivity contribution in [3.05, 3.63) is 39.3 Å². The van der Waals surface area contributed by atoms with Gasteiger partial charge in [-0.2, -0.15) is 0 Å². The number of hydrogen-bond acceptors (Lipinski definition) is 2. The van der Waals surface area contributed by atoms with Crippen LogP contribution in [0.1, 0.15) is 49.3 Å². The number of rotatable bonds is 1. The van der Waals surface area contributed by atoms with Crippen LogP contribution in [-0.2, 0) is 12.8 Å². The van der Waals surface area contributed by atoms with Crippen molar-refractivity contribution in [1.29, 1.82) is 0 Å². The third-order valence-corrected chi connectivity index (χ3v) is 3.85. The highest BCUT2D eigenvalue weighted by Gasteiger charge is 2.17. The largest absolute Gasteiger partial charge is 0.320 e. The van der Waals surface area contributed by atoms with Crippen LogP contribution in [0.25, 0.3) is 11.0 Å². The van der Waals surface area contributed by atoms with Gasteiger partial charge in [-0.15, -0.1) is 0 Å². The van der Waals surface area contributed by atoms with Crippen LogP contribution in [0.3, 0.4) is 0 Å². The van der Waals surface area contributed by atoms with Crippen LogP contribution in [0, 0.1) is 0 Å². The lowest BCUT2D eigenvalue weighted by Gasteiger charge is -2.17. The fourth-order valence-electron chi connectivity index (χ4n) is 2.75. The standard InChI is InChI=1S/C15H18N2O/c1-9(2)10-7-13-14(16-8-10)11-5-3-4-6-12(11)15(18)17-13/h7-9H,3-6H2,1-2H3,(H,17,18). The second-order valence-electron chi connectivity index (χ2n) is 5.44. The molecule has 0 bridgehead atoms. The van der Waals surface area contributed by atoms with E-state index in [0.717, 1.165) is 35.9 Å². The van der Waals surface area contributed by atoms with Crippen LogP contribution < -0.4 is 5.56 Å². The third-order valence-electron chi connectivity index (χ3n) is 3.85. The molecule has 3 nitrogen and oxygen atoms in total. The van der Waals surface area contributed by atoms with Gasteiger partial charge in [0.15, 0.2) is 0 Å². The summed E-state index contributed by atoms with van der Waals surface area (Å²) >= 11 is 0. The molecule has 0 amide bonds. The summed E-state index contributed by atoms with van der Waals surface area (Å²) < 4.78 is 0. The number of aromatic nitrogens is 2. The van der Waals surface area contributed by atoms with Crippen molar-refractivity contribution in [2.24, 2.45) is 0 Å². The van der Waals surface area contributed by atoms with Gasteiger partial charge in [0, 0.05) is 11.8 Å². The molecule has 2 aromatic heterocycles. The first-order chi connectivity index (χ1) is 8.66. The Bertz CT molecular complexity index is 655. The highest BCUT2D eigenvalue weighted by Crippen LogP contribution is 2.25. The van der Waals surface area contributed by atoms with Crippen LogP contribution in [0.15, 0.2) is 17.1 Å². The van der Waals surface area contributed by atoms with Crippen molar-refractivity contribution < 1.29 is 0 Å². The van der Waals surface area contributed by atoms with Gasteiger partial charge >= 0.3 is 0 Å². The zero-order valence-corrected chi connectivity index (χ0v) is 10.9. The van der Waals surface area contributed by atoms with Crippen molar-refractivity contribution in [1.82, 2.24) is 9.97 Å². The molecule has 0 fully saturated rings. The van der Waals surface area contributed by atoms with E-state index in [1.807, 2.05) is 6.20 Å². The van der Waals surface area contributed by atoms with Gasteiger partial charge in [-0.05, 0) is 48.8 Å². The van der Waals surface area contributed by atoms with Crippen molar-refractivity contribution in [3.8, 4) is 0 Å². The number of aromatic amines is 1. The average Bonchev–Trinajstić information content (AvgIpc) is 2.38. The highest BCUT2D eigenvalue weighted by molar-refractivity contribution is 5.79. The van der Waals surface area contributed by atoms with Crippen LogP contribution in [0.4, 0.5) is 0 Å². The molecule has 1 aliphatic carbocycles. The third kappa shape index (κ3) is 1.74. The molecule has 0 spiro atoms. The molecule has 0 saturated carbocycles. The van der Waals surface area contributed by atoms with Gasteiger partial charge in [0.25, 0.3) is 5.56 Å². The molecule has 3 heteroatoms. The summed E-state index contributed by atoms with van der Waals surface area (Å²) in [6, 6.07) is 2.07. The maximum atomic E-state index is 12.1. The van der Waals surface area contributed by atoms with Gasteiger partial charge in [0.2, 0.25) is 0 Å². The molecule has 0 aromatic carbocycles. The number of pyridine rings is 2. The molecule has 0 atom stereocenters. The Kier molecular flexibility index (Phi) is 2.69. The van der Waals surface area contributed by atoms with Crippen LogP contribution in [-0.4, -0.2) is 9.97 Å². The molecule has 0 aliphatic heterocycles. The van der Waals surface area contributed by atoms with Crippen molar-refractivity contribution in [3.63, 3.8) is 0 Å². The quantitative estimate of drug-likeness (QED) is 0.835. The zero-order valence-electron chi connectivity index (χ0n) is 10.9. The second-order valence-corrected chi connectivity index (χ2v) is 5.44. The van der Waals surface area contributed by atoms with E-state index in [1.54, 1.807) is 0 Å². The lowest BCUT2D eigenvalue weighted by atomic mass is 9.91. The molecule has 18 heavy (non-hydrogen) atoms. The summed E-state index contributed by atoms with van der Waals surface area (Å²) in [5.41, 5.74) is 5.28. The van der Waals surface area contributed by atoms with Crippen molar-refractivity contribution in [2.45, 2.75) is 45.4 Å². The predicted octanol–water partition coefficient (Wildman–Crippen LogP) is 2.93. The number of hydrogen-bond donors (Lipinski definition) is 1. The van der Waals surface area contributed by atoms with Gasteiger partial charge in [-0.1, -0.05) is 13.8 Å². The molecule has 2 aromatic rings. The lowest BCUT2D eigenvalue weighted by molar-refractivity contribution is 0.681. The van der Waals surface area contributed by atoms with E-state index in [0.29, 0.717) is 5.92 Å². The summed E-state index contributed by atoms with van der Waals surface area (Å²) in [6.45, 7) is 4.28. The topological polar surface area (TPSA) is 45.8 Å². The van der Waals surface area contributed by atoms with Gasteiger partial charge < -0.3 is 4.98 Å². The van der Waals surface area contributed by atoms with E-state index in [4.69, 9.17) is 0 Å². The lowest BCUT2D eigenvalue weighted by Crippen LogP contribution is -2.19. The smallest absolute Gasteiger partial charge is 0.251 e. The Labute approximate surface area is 106 Å². The summed E-state index contributed by atoms with van der Waals surface area (Å²) in [5.74, 6) is 0.432. The van der Waals surface area contributed by atoms with E-state index in [1.165, 1.54) is 17.5 Å². The minimum atomic E-state index is 0.0832. The number of nitrogens with one attached hydrogen (secondary N) is 1. The van der Waals surface area contributed by atoms with Gasteiger partial charge in [0.1, 0.15) is 0 Å². The summed E-state index contributed by atoms with van der Waals surface area (Å²) in [4.78, 5) is 19.7. The van der Waals surface area contributed by atoms with Gasteiger partial charge in [0.05, 0.1) is 11.0 Å². The van der Waals surface area contributed by atoms with Gasteiger partial charge in [-0.25, -0.2) is 0 Å². The molecule has 0 saturated heterocycles. The maximum Gasteiger partial charge on any atom is 0.251 e. The first-order valence-electron chi connectivity index (χ1n) is 6.70. The molecule has 0 radical (unpaired) electrons. The second kappa shape index (κ2) is 4.23. The van der Waals surface area contributed by atoms with Crippen LogP contribution in [0.2, 0.25) is 0 Å². The number of fused-ring (bicyclic) bond motifs is 3. The minimum absolute atomic E-state index is 0.0832. The minimum Gasteiger partial charge on any atom is -0.320 e. The first-order valence-corrected chi connectivity index (χ1v) is 6.70. The molecule has 0 unspecified atom stereocenters. The Hall–Kier alpha value is -1.64. The number of H-pyrrole nitrogens is 1. The van der Waals surface area contributed by atoms with Crippen LogP contribution in [0.5, 0.6) is 0 Å². The van der Waals surface area contributed by atoms with E-state index in [2.05, 4.69) is 29.9 Å². The van der Waals surface area contributed by atoms with Gasteiger partial charge in [-0.3, -0.25) is 9.78 Å². The summed E-state index contributed by atoms with van der Waals surface area (Å²) in [7, 11) is 0. The first kappa shape index (κ1) is 11.5. The summed E-state index contributed by atoms with van der Waals surface area (Å²) in [6.07, 6.45) is 6.11. The molecule has 3 rings (SSSR count). The predicted molar refractivity (Wildman–Crippen MR) is 73.1 cm³/mol.